The fourth-order valence-corrected chi connectivity index (χ4v) is 2.42. The lowest BCUT2D eigenvalue weighted by Gasteiger charge is -2.16. The van der Waals surface area contributed by atoms with Gasteiger partial charge in [-0.3, -0.25) is 0 Å². The van der Waals surface area contributed by atoms with E-state index in [-0.39, 0.29) is 0 Å². The molecule has 1 unspecified atom stereocenters. The molecule has 1 aromatic rings. The number of aromatic nitrogens is 2. The summed E-state index contributed by atoms with van der Waals surface area (Å²) in [6.07, 6.45) is 20.1. The lowest BCUT2D eigenvalue weighted by molar-refractivity contribution is 0.408. The van der Waals surface area contributed by atoms with Crippen molar-refractivity contribution in [2.24, 2.45) is 5.92 Å². The van der Waals surface area contributed by atoms with Gasteiger partial charge in [0, 0.05) is 18.4 Å². The molecule has 130 valence electrons. The Hall–Kier alpha value is -0.790. The molecule has 1 aromatic heterocycles. The first-order valence-corrected chi connectivity index (χ1v) is 9.60. The van der Waals surface area contributed by atoms with Crippen LogP contribution in [0, 0.1) is 5.92 Å². The van der Waals surface area contributed by atoms with E-state index in [0.29, 0.717) is 12.0 Å². The van der Waals surface area contributed by atoms with Gasteiger partial charge in [-0.25, -0.2) is 4.98 Å². The van der Waals surface area contributed by atoms with Crippen molar-refractivity contribution in [2.75, 3.05) is 0 Å². The summed E-state index contributed by atoms with van der Waals surface area (Å²) in [5, 5.41) is 0. The van der Waals surface area contributed by atoms with Gasteiger partial charge in [0.1, 0.15) is 0 Å². The van der Waals surface area contributed by atoms with E-state index in [1.165, 1.54) is 64.2 Å². The molecule has 0 aliphatic heterocycles. The van der Waals surface area contributed by atoms with Gasteiger partial charge in [0.15, 0.2) is 0 Å². The maximum atomic E-state index is 3.99. The summed E-state index contributed by atoms with van der Waals surface area (Å²) in [7, 11) is 0. The summed E-state index contributed by atoms with van der Waals surface area (Å²) in [5.74, 6) is 0.675. The van der Waals surface area contributed by atoms with Gasteiger partial charge in [-0.2, -0.15) is 0 Å². The Labute approximate surface area is 139 Å². The van der Waals surface area contributed by atoms with Crippen LogP contribution in [0.2, 0.25) is 0 Å². The van der Waals surface area contributed by atoms with E-state index in [1.807, 2.05) is 18.7 Å². The van der Waals surface area contributed by atoms with Gasteiger partial charge in [-0.05, 0) is 12.8 Å². The van der Waals surface area contributed by atoms with Crippen molar-refractivity contribution in [2.45, 2.75) is 105 Å². The number of rotatable bonds is 11. The van der Waals surface area contributed by atoms with Crippen molar-refractivity contribution in [1.82, 2.24) is 9.55 Å². The fraction of sp³-hybridized carbons (Fsp3) is 0.850. The topological polar surface area (TPSA) is 17.8 Å². The molecule has 0 aromatic carbocycles. The van der Waals surface area contributed by atoms with Crippen molar-refractivity contribution >= 4 is 0 Å². The predicted molar refractivity (Wildman–Crippen MR) is 99.3 cm³/mol. The van der Waals surface area contributed by atoms with Gasteiger partial charge < -0.3 is 4.57 Å². The molecule has 2 heteroatoms. The van der Waals surface area contributed by atoms with Crippen LogP contribution in [0.15, 0.2) is 18.7 Å². The summed E-state index contributed by atoms with van der Waals surface area (Å²) < 4.78 is 2.13. The summed E-state index contributed by atoms with van der Waals surface area (Å²) in [4.78, 5) is 3.99. The molecule has 0 aliphatic rings. The number of hydrogen-bond donors (Lipinski definition) is 0. The number of hydrogen-bond acceptors (Lipinski definition) is 1. The second-order valence-corrected chi connectivity index (χ2v) is 6.82. The SMILES string of the molecule is CC(C)C(C)n1ccnc1.CCCCCCCCCCCC. The highest BCUT2D eigenvalue weighted by Crippen LogP contribution is 2.14. The van der Waals surface area contributed by atoms with Gasteiger partial charge >= 0.3 is 0 Å². The first-order chi connectivity index (χ1) is 10.6. The molecule has 22 heavy (non-hydrogen) atoms. The number of imidazole rings is 1. The molecular formula is C20H40N2. The minimum absolute atomic E-state index is 0.558. The molecule has 1 atom stereocenters. The zero-order valence-electron chi connectivity index (χ0n) is 15.9. The van der Waals surface area contributed by atoms with Crippen molar-refractivity contribution in [3.63, 3.8) is 0 Å². The Bertz CT molecular complexity index is 294. The van der Waals surface area contributed by atoms with E-state index in [4.69, 9.17) is 0 Å². The van der Waals surface area contributed by atoms with E-state index in [2.05, 4.69) is 44.2 Å². The third-order valence-corrected chi connectivity index (χ3v) is 4.42. The normalized spacial score (nSPS) is 12.1. The van der Waals surface area contributed by atoms with E-state index in [1.54, 1.807) is 0 Å². The van der Waals surface area contributed by atoms with Crippen LogP contribution in [0.4, 0.5) is 0 Å². The highest BCUT2D eigenvalue weighted by Gasteiger charge is 2.06. The Morgan fingerprint density at radius 1 is 0.773 bits per heavy atom. The third kappa shape index (κ3) is 11.8. The minimum Gasteiger partial charge on any atom is -0.334 e. The van der Waals surface area contributed by atoms with Crippen LogP contribution in [0.3, 0.4) is 0 Å². The Morgan fingerprint density at radius 3 is 1.55 bits per heavy atom. The zero-order chi connectivity index (χ0) is 16.6. The highest BCUT2D eigenvalue weighted by atomic mass is 15.0. The summed E-state index contributed by atoms with van der Waals surface area (Å²) >= 11 is 0. The maximum absolute atomic E-state index is 3.99. The largest absolute Gasteiger partial charge is 0.334 e. The second kappa shape index (κ2) is 15.1. The highest BCUT2D eigenvalue weighted by molar-refractivity contribution is 4.79. The molecule has 0 saturated heterocycles. The van der Waals surface area contributed by atoms with Crippen molar-refractivity contribution in [3.8, 4) is 0 Å². The van der Waals surface area contributed by atoms with Crippen molar-refractivity contribution in [3.05, 3.63) is 18.7 Å². The molecular weight excluding hydrogens is 268 g/mol. The Morgan fingerprint density at radius 2 is 1.23 bits per heavy atom. The molecule has 1 rings (SSSR count). The number of unbranched alkanes of at least 4 members (excludes halogenated alkanes) is 9. The molecule has 0 bridgehead atoms. The molecule has 0 saturated carbocycles. The minimum atomic E-state index is 0.558. The first kappa shape index (κ1) is 21.2. The number of nitrogens with zero attached hydrogens (tertiary/aromatic N) is 2. The third-order valence-electron chi connectivity index (χ3n) is 4.42. The van der Waals surface area contributed by atoms with E-state index in [0.717, 1.165) is 0 Å². The standard InChI is InChI=1S/C12H26.C8H14N2/c1-3-5-7-9-11-12-10-8-6-4-2;1-7(2)8(3)10-5-4-9-6-10/h3-12H2,1-2H3;4-8H,1-3H3. The van der Waals surface area contributed by atoms with E-state index < -0.39 is 0 Å². The maximum Gasteiger partial charge on any atom is 0.0948 e. The van der Waals surface area contributed by atoms with Crippen LogP contribution in [-0.4, -0.2) is 9.55 Å². The lowest BCUT2D eigenvalue weighted by Crippen LogP contribution is -2.08. The molecule has 0 amide bonds. The summed E-state index contributed by atoms with van der Waals surface area (Å²) in [6, 6.07) is 0.558. The Balaban J connectivity index is 0.000000406. The fourth-order valence-electron chi connectivity index (χ4n) is 2.42. The van der Waals surface area contributed by atoms with Gasteiger partial charge in [0.2, 0.25) is 0 Å². The predicted octanol–water partition coefficient (Wildman–Crippen LogP) is 7.03. The lowest BCUT2D eigenvalue weighted by atomic mass is 10.1. The Kier molecular flexibility index (Phi) is 14.6. The van der Waals surface area contributed by atoms with E-state index >= 15 is 0 Å². The molecule has 1 heterocycles. The van der Waals surface area contributed by atoms with Gasteiger partial charge in [-0.1, -0.05) is 91.9 Å². The van der Waals surface area contributed by atoms with Crippen LogP contribution in [-0.2, 0) is 0 Å². The van der Waals surface area contributed by atoms with Crippen LogP contribution >= 0.6 is 0 Å². The van der Waals surface area contributed by atoms with Gasteiger partial charge in [0.25, 0.3) is 0 Å². The zero-order valence-corrected chi connectivity index (χ0v) is 15.9. The quantitative estimate of drug-likeness (QED) is 0.401. The van der Waals surface area contributed by atoms with Crippen LogP contribution < -0.4 is 0 Å². The average molecular weight is 309 g/mol. The second-order valence-electron chi connectivity index (χ2n) is 6.82. The van der Waals surface area contributed by atoms with Crippen molar-refractivity contribution in [1.29, 1.82) is 0 Å². The molecule has 0 spiro atoms. The molecule has 0 fully saturated rings. The van der Waals surface area contributed by atoms with Gasteiger partial charge in [-0.15, -0.1) is 0 Å². The van der Waals surface area contributed by atoms with Crippen LogP contribution in [0.1, 0.15) is 105 Å². The van der Waals surface area contributed by atoms with Crippen LogP contribution in [0.25, 0.3) is 0 Å². The summed E-state index contributed by atoms with van der Waals surface area (Å²) in [6.45, 7) is 11.2. The molecule has 0 N–H and O–H groups in total. The summed E-state index contributed by atoms with van der Waals surface area (Å²) in [5.41, 5.74) is 0. The molecule has 2 nitrogen and oxygen atoms in total. The molecule has 0 radical (unpaired) electrons. The smallest absolute Gasteiger partial charge is 0.0948 e. The van der Waals surface area contributed by atoms with E-state index in [9.17, 15) is 0 Å². The first-order valence-electron chi connectivity index (χ1n) is 9.60. The van der Waals surface area contributed by atoms with Crippen molar-refractivity contribution < 1.29 is 0 Å². The monoisotopic (exact) mass is 308 g/mol. The molecule has 0 aliphatic carbocycles. The van der Waals surface area contributed by atoms with Crippen LogP contribution in [0.5, 0.6) is 0 Å². The van der Waals surface area contributed by atoms with Gasteiger partial charge in [0.05, 0.1) is 6.33 Å². The average Bonchev–Trinajstić information content (AvgIpc) is 3.04.